The summed E-state index contributed by atoms with van der Waals surface area (Å²) in [5.41, 5.74) is 5.87. The molecular formula is C11H10Br2N2O3S. The number of nitrogens with two attached hydrogens (primary N) is 1. The summed E-state index contributed by atoms with van der Waals surface area (Å²) in [5, 5.41) is 0. The lowest BCUT2D eigenvalue weighted by Gasteiger charge is -2.06. The fourth-order valence-corrected chi connectivity index (χ4v) is 3.89. The first-order chi connectivity index (χ1) is 8.92. The van der Waals surface area contributed by atoms with Gasteiger partial charge in [0.25, 0.3) is 10.0 Å². The third-order valence-electron chi connectivity index (χ3n) is 2.27. The summed E-state index contributed by atoms with van der Waals surface area (Å²) >= 11 is 6.35. The highest BCUT2D eigenvalue weighted by Crippen LogP contribution is 2.28. The third-order valence-corrected chi connectivity index (χ3v) is 5.01. The molecule has 0 amide bonds. The van der Waals surface area contributed by atoms with Gasteiger partial charge >= 0.3 is 0 Å². The predicted octanol–water partition coefficient (Wildman–Crippen LogP) is 3.06. The van der Waals surface area contributed by atoms with Crippen molar-refractivity contribution in [3.05, 3.63) is 45.2 Å². The second-order valence-corrected chi connectivity index (χ2v) is 6.96. The Balaban J connectivity index is 2.34. The van der Waals surface area contributed by atoms with Gasteiger partial charge in [-0.25, -0.2) is 8.42 Å². The summed E-state index contributed by atoms with van der Waals surface area (Å²) in [4.78, 5) is 0.0212. The molecule has 0 saturated heterocycles. The van der Waals surface area contributed by atoms with Gasteiger partial charge in [0.05, 0.1) is 6.54 Å². The molecule has 0 aliphatic rings. The van der Waals surface area contributed by atoms with Crippen LogP contribution in [0.25, 0.3) is 0 Å². The van der Waals surface area contributed by atoms with Gasteiger partial charge in [-0.3, -0.25) is 4.72 Å². The van der Waals surface area contributed by atoms with Gasteiger partial charge in [-0.2, -0.15) is 0 Å². The van der Waals surface area contributed by atoms with Crippen LogP contribution in [0.15, 0.2) is 48.8 Å². The second-order valence-electron chi connectivity index (χ2n) is 3.67. The molecule has 0 aliphatic carbocycles. The zero-order valence-electron chi connectivity index (χ0n) is 9.56. The van der Waals surface area contributed by atoms with Crippen LogP contribution in [-0.2, 0) is 16.6 Å². The van der Waals surface area contributed by atoms with E-state index in [2.05, 4.69) is 36.6 Å². The van der Waals surface area contributed by atoms with Crippen LogP contribution in [0.2, 0.25) is 0 Å². The maximum atomic E-state index is 12.2. The minimum absolute atomic E-state index is 0.0212. The molecule has 2 rings (SSSR count). The van der Waals surface area contributed by atoms with E-state index >= 15 is 0 Å². The molecule has 0 unspecified atom stereocenters. The smallest absolute Gasteiger partial charge is 0.266 e. The Labute approximate surface area is 127 Å². The quantitative estimate of drug-likeness (QED) is 0.812. The van der Waals surface area contributed by atoms with Crippen LogP contribution in [0.5, 0.6) is 0 Å². The molecule has 0 fully saturated rings. The van der Waals surface area contributed by atoms with E-state index in [4.69, 9.17) is 10.2 Å². The van der Waals surface area contributed by atoms with Crippen molar-refractivity contribution in [1.82, 2.24) is 0 Å². The molecule has 5 nitrogen and oxygen atoms in total. The number of furan rings is 1. The van der Waals surface area contributed by atoms with Crippen LogP contribution in [0.1, 0.15) is 5.76 Å². The van der Waals surface area contributed by atoms with Crippen LogP contribution in [0.3, 0.4) is 0 Å². The van der Waals surface area contributed by atoms with Crippen molar-refractivity contribution in [2.24, 2.45) is 5.73 Å². The van der Waals surface area contributed by atoms with Crippen molar-refractivity contribution in [2.75, 3.05) is 4.72 Å². The van der Waals surface area contributed by atoms with Crippen molar-refractivity contribution in [1.29, 1.82) is 0 Å². The number of sulfonamides is 1. The molecule has 0 atom stereocenters. The van der Waals surface area contributed by atoms with Gasteiger partial charge in [-0.05, 0) is 34.1 Å². The van der Waals surface area contributed by atoms with Crippen LogP contribution in [0, 0.1) is 0 Å². The molecule has 8 heteroatoms. The number of nitrogens with one attached hydrogen (secondary N) is 1. The van der Waals surface area contributed by atoms with Crippen molar-refractivity contribution in [3.63, 3.8) is 0 Å². The lowest BCUT2D eigenvalue weighted by Crippen LogP contribution is -2.12. The van der Waals surface area contributed by atoms with Crippen LogP contribution >= 0.6 is 31.9 Å². The van der Waals surface area contributed by atoms with E-state index in [-0.39, 0.29) is 16.1 Å². The molecule has 0 radical (unpaired) electrons. The van der Waals surface area contributed by atoms with E-state index in [0.717, 1.165) is 4.47 Å². The van der Waals surface area contributed by atoms with Crippen LogP contribution in [0.4, 0.5) is 5.69 Å². The lowest BCUT2D eigenvalue weighted by atomic mass is 10.3. The van der Waals surface area contributed by atoms with E-state index < -0.39 is 10.0 Å². The van der Waals surface area contributed by atoms with E-state index in [1.807, 2.05) is 0 Å². The highest BCUT2D eigenvalue weighted by molar-refractivity contribution is 9.10. The summed E-state index contributed by atoms with van der Waals surface area (Å²) in [5.74, 6) is 0.390. The van der Waals surface area contributed by atoms with E-state index in [0.29, 0.717) is 11.4 Å². The van der Waals surface area contributed by atoms with E-state index in [1.54, 1.807) is 24.3 Å². The fraction of sp³-hybridized carbons (Fsp3) is 0.0909. The molecule has 1 aromatic carbocycles. The number of rotatable bonds is 4. The average Bonchev–Trinajstić information content (AvgIpc) is 2.71. The summed E-state index contributed by atoms with van der Waals surface area (Å²) in [7, 11) is -3.72. The SMILES string of the molecule is NCc1cc(S(=O)(=O)Nc2cccc(Br)c2)c(Br)o1. The zero-order valence-corrected chi connectivity index (χ0v) is 13.5. The van der Waals surface area contributed by atoms with Gasteiger partial charge in [-0.1, -0.05) is 22.0 Å². The molecule has 102 valence electrons. The maximum Gasteiger partial charge on any atom is 0.266 e. The van der Waals surface area contributed by atoms with Crippen molar-refractivity contribution >= 4 is 47.6 Å². The number of hydrogen-bond acceptors (Lipinski definition) is 4. The van der Waals surface area contributed by atoms with Crippen LogP contribution in [-0.4, -0.2) is 8.42 Å². The Morgan fingerprint density at radius 1 is 1.26 bits per heavy atom. The number of hydrogen-bond donors (Lipinski definition) is 2. The van der Waals surface area contributed by atoms with Crippen molar-refractivity contribution < 1.29 is 12.8 Å². The summed E-state index contributed by atoms with van der Waals surface area (Å²) in [6.45, 7) is 0.130. The largest absolute Gasteiger partial charge is 0.452 e. The number of halogens is 2. The summed E-state index contributed by atoms with van der Waals surface area (Å²) in [6.07, 6.45) is 0. The van der Waals surface area contributed by atoms with Gasteiger partial charge in [0, 0.05) is 16.2 Å². The van der Waals surface area contributed by atoms with Gasteiger partial charge < -0.3 is 10.2 Å². The monoisotopic (exact) mass is 408 g/mol. The Hall–Kier alpha value is -0.830. The first-order valence-corrected chi connectivity index (χ1v) is 8.26. The number of anilines is 1. The predicted molar refractivity (Wildman–Crippen MR) is 79.2 cm³/mol. The molecule has 1 aromatic heterocycles. The minimum Gasteiger partial charge on any atom is -0.452 e. The lowest BCUT2D eigenvalue weighted by molar-refractivity contribution is 0.484. The number of benzene rings is 1. The molecule has 0 aliphatic heterocycles. The maximum absolute atomic E-state index is 12.2. The summed E-state index contributed by atoms with van der Waals surface area (Å²) < 4.78 is 33.0. The molecule has 0 saturated carbocycles. The third kappa shape index (κ3) is 3.38. The van der Waals surface area contributed by atoms with E-state index in [1.165, 1.54) is 6.07 Å². The molecule has 1 heterocycles. The highest BCUT2D eigenvalue weighted by atomic mass is 79.9. The first-order valence-electron chi connectivity index (χ1n) is 5.19. The molecule has 3 N–H and O–H groups in total. The Kier molecular flexibility index (Phi) is 4.34. The van der Waals surface area contributed by atoms with Gasteiger partial charge in [0.15, 0.2) is 4.67 Å². The summed E-state index contributed by atoms with van der Waals surface area (Å²) in [6, 6.07) is 8.25. The van der Waals surface area contributed by atoms with Crippen LogP contribution < -0.4 is 10.5 Å². The fourth-order valence-electron chi connectivity index (χ4n) is 1.44. The molecular weight excluding hydrogens is 400 g/mol. The topological polar surface area (TPSA) is 85.3 Å². The average molecular weight is 410 g/mol. The normalized spacial score (nSPS) is 11.5. The second kappa shape index (κ2) is 5.66. The van der Waals surface area contributed by atoms with Crippen molar-refractivity contribution in [2.45, 2.75) is 11.4 Å². The molecule has 0 spiro atoms. The van der Waals surface area contributed by atoms with Crippen molar-refractivity contribution in [3.8, 4) is 0 Å². The molecule has 0 bridgehead atoms. The van der Waals surface area contributed by atoms with E-state index in [9.17, 15) is 8.42 Å². The first kappa shape index (κ1) is 14.6. The molecule has 19 heavy (non-hydrogen) atoms. The Morgan fingerprint density at radius 3 is 2.58 bits per heavy atom. The highest BCUT2D eigenvalue weighted by Gasteiger charge is 2.22. The Bertz CT molecular complexity index is 698. The van der Waals surface area contributed by atoms with Gasteiger partial charge in [0.2, 0.25) is 0 Å². The minimum atomic E-state index is -3.72. The molecule has 2 aromatic rings. The standard InChI is InChI=1S/C11H10Br2N2O3S/c12-7-2-1-3-8(4-7)15-19(16,17)10-5-9(6-14)18-11(10)13/h1-5,15H,6,14H2. The zero-order chi connectivity index (χ0) is 14.0. The van der Waals surface area contributed by atoms with Gasteiger partial charge in [-0.15, -0.1) is 0 Å². The van der Waals surface area contributed by atoms with Gasteiger partial charge in [0.1, 0.15) is 10.7 Å². The Morgan fingerprint density at radius 2 is 2.00 bits per heavy atom.